The largest absolute Gasteiger partial charge is 0.497 e. The van der Waals surface area contributed by atoms with Crippen LogP contribution in [-0.4, -0.2) is 19.3 Å². The topological polar surface area (TPSA) is 55.4 Å². The van der Waals surface area contributed by atoms with Crippen LogP contribution in [0.25, 0.3) is 0 Å². The van der Waals surface area contributed by atoms with Crippen molar-refractivity contribution < 1.29 is 14.3 Å². The quantitative estimate of drug-likeness (QED) is 0.808. The molecule has 0 saturated heterocycles. The van der Waals surface area contributed by atoms with Crippen molar-refractivity contribution in [2.24, 2.45) is 0 Å². The summed E-state index contributed by atoms with van der Waals surface area (Å²) in [6, 6.07) is 3.75. The molecule has 1 aliphatic heterocycles. The first-order chi connectivity index (χ1) is 8.15. The van der Waals surface area contributed by atoms with Gasteiger partial charge in [0.1, 0.15) is 12.0 Å². The number of aldehydes is 1. The number of amides is 1. The van der Waals surface area contributed by atoms with Crippen LogP contribution >= 0.6 is 0 Å². The van der Waals surface area contributed by atoms with Crippen LogP contribution < -0.4 is 10.1 Å². The van der Waals surface area contributed by atoms with Gasteiger partial charge in [0.25, 0.3) is 0 Å². The van der Waals surface area contributed by atoms with E-state index in [1.54, 1.807) is 7.11 Å². The van der Waals surface area contributed by atoms with E-state index in [-0.39, 0.29) is 11.8 Å². The van der Waals surface area contributed by atoms with Crippen molar-refractivity contribution in [3.63, 3.8) is 0 Å². The third-order valence-corrected chi connectivity index (χ3v) is 3.06. The zero-order chi connectivity index (χ0) is 12.4. The number of nitrogens with one attached hydrogen (secondary N) is 1. The first kappa shape index (κ1) is 11.6. The highest BCUT2D eigenvalue weighted by molar-refractivity contribution is 6.00. The van der Waals surface area contributed by atoms with Crippen molar-refractivity contribution in [3.05, 3.63) is 23.3 Å². The Morgan fingerprint density at radius 1 is 1.53 bits per heavy atom. The Morgan fingerprint density at radius 2 is 2.29 bits per heavy atom. The Bertz CT molecular complexity index is 468. The number of rotatable bonds is 4. The van der Waals surface area contributed by atoms with E-state index in [4.69, 9.17) is 4.74 Å². The van der Waals surface area contributed by atoms with Gasteiger partial charge in [0.2, 0.25) is 5.91 Å². The lowest BCUT2D eigenvalue weighted by Gasteiger charge is -2.15. The summed E-state index contributed by atoms with van der Waals surface area (Å²) in [6.45, 7) is 1.97. The van der Waals surface area contributed by atoms with Crippen molar-refractivity contribution in [2.75, 3.05) is 12.4 Å². The van der Waals surface area contributed by atoms with Gasteiger partial charge in [0.15, 0.2) is 0 Å². The highest BCUT2D eigenvalue weighted by atomic mass is 16.5. The second kappa shape index (κ2) is 4.57. The average Bonchev–Trinajstić information content (AvgIpc) is 2.67. The third-order valence-electron chi connectivity index (χ3n) is 3.06. The van der Waals surface area contributed by atoms with Gasteiger partial charge in [-0.15, -0.1) is 0 Å². The van der Waals surface area contributed by atoms with Gasteiger partial charge in [0.05, 0.1) is 13.5 Å². The molecular formula is C13H15NO3. The highest BCUT2D eigenvalue weighted by Gasteiger charge is 2.24. The van der Waals surface area contributed by atoms with Crippen LogP contribution in [0.5, 0.6) is 5.75 Å². The van der Waals surface area contributed by atoms with E-state index in [9.17, 15) is 9.59 Å². The van der Waals surface area contributed by atoms with Crippen LogP contribution in [0, 0.1) is 0 Å². The van der Waals surface area contributed by atoms with E-state index in [1.165, 1.54) is 0 Å². The number of fused-ring (bicyclic) bond motifs is 1. The van der Waals surface area contributed by atoms with Gasteiger partial charge in [-0.3, -0.25) is 4.79 Å². The Labute approximate surface area is 100.0 Å². The summed E-state index contributed by atoms with van der Waals surface area (Å²) in [5, 5.41) is 2.85. The minimum absolute atomic E-state index is 0.00666. The fourth-order valence-electron chi connectivity index (χ4n) is 2.12. The Kier molecular flexibility index (Phi) is 3.13. The molecule has 1 atom stereocenters. The third kappa shape index (κ3) is 2.16. The van der Waals surface area contributed by atoms with Gasteiger partial charge in [-0.05, 0) is 29.2 Å². The standard InChI is InChI=1S/C13H15NO3/c1-8(3-4-15)11-7-10(17-2)5-9-6-12(16)14-13(9)11/h4-5,7-8H,3,6H2,1-2H3,(H,14,16). The molecule has 0 radical (unpaired) electrons. The van der Waals surface area contributed by atoms with Crippen LogP contribution in [0.15, 0.2) is 12.1 Å². The van der Waals surface area contributed by atoms with Gasteiger partial charge in [-0.2, -0.15) is 0 Å². The van der Waals surface area contributed by atoms with Crippen LogP contribution in [0.2, 0.25) is 0 Å². The molecular weight excluding hydrogens is 218 g/mol. The number of anilines is 1. The maximum absolute atomic E-state index is 11.4. The van der Waals surface area contributed by atoms with E-state index >= 15 is 0 Å². The lowest BCUT2D eigenvalue weighted by molar-refractivity contribution is -0.115. The first-order valence-corrected chi connectivity index (χ1v) is 5.60. The molecule has 2 rings (SSSR count). The monoisotopic (exact) mass is 233 g/mol. The number of benzene rings is 1. The molecule has 0 aromatic heterocycles. The second-order valence-corrected chi connectivity index (χ2v) is 4.28. The summed E-state index contributed by atoms with van der Waals surface area (Å²) in [7, 11) is 1.60. The zero-order valence-corrected chi connectivity index (χ0v) is 9.95. The first-order valence-electron chi connectivity index (χ1n) is 5.60. The second-order valence-electron chi connectivity index (χ2n) is 4.28. The van der Waals surface area contributed by atoms with Crippen LogP contribution in [-0.2, 0) is 16.0 Å². The Hall–Kier alpha value is -1.84. The van der Waals surface area contributed by atoms with E-state index < -0.39 is 0 Å². The predicted octanol–water partition coefficient (Wildman–Crippen LogP) is 1.88. The van der Waals surface area contributed by atoms with E-state index in [2.05, 4.69) is 5.32 Å². The Morgan fingerprint density at radius 3 is 2.94 bits per heavy atom. The highest BCUT2D eigenvalue weighted by Crippen LogP contribution is 2.36. The number of hydrogen-bond donors (Lipinski definition) is 1. The Balaban J connectivity index is 2.46. The van der Waals surface area contributed by atoms with Crippen molar-refractivity contribution in [3.8, 4) is 5.75 Å². The summed E-state index contributed by atoms with van der Waals surface area (Å²) in [5.74, 6) is 0.801. The molecule has 0 aliphatic carbocycles. The maximum atomic E-state index is 11.4. The van der Waals surface area contributed by atoms with Crippen molar-refractivity contribution in [1.29, 1.82) is 0 Å². The SMILES string of the molecule is COc1cc2c(c(C(C)CC=O)c1)NC(=O)C2. The molecule has 4 heteroatoms. The van der Waals surface area contributed by atoms with Crippen LogP contribution in [0.1, 0.15) is 30.4 Å². The predicted molar refractivity (Wildman–Crippen MR) is 64.4 cm³/mol. The lowest BCUT2D eigenvalue weighted by Crippen LogP contribution is -2.06. The number of hydrogen-bond acceptors (Lipinski definition) is 3. The summed E-state index contributed by atoms with van der Waals surface area (Å²) >= 11 is 0. The molecule has 0 spiro atoms. The van der Waals surface area contributed by atoms with Crippen molar-refractivity contribution >= 4 is 17.9 Å². The molecule has 0 fully saturated rings. The molecule has 1 aliphatic rings. The minimum Gasteiger partial charge on any atom is -0.497 e. The molecule has 1 aromatic carbocycles. The molecule has 1 heterocycles. The van der Waals surface area contributed by atoms with Gasteiger partial charge in [0, 0.05) is 12.1 Å². The molecule has 4 nitrogen and oxygen atoms in total. The minimum atomic E-state index is -0.00666. The average molecular weight is 233 g/mol. The number of carbonyl (C=O) groups excluding carboxylic acids is 2. The molecule has 0 saturated carbocycles. The van der Waals surface area contributed by atoms with Crippen LogP contribution in [0.3, 0.4) is 0 Å². The summed E-state index contributed by atoms with van der Waals surface area (Å²) in [5.41, 5.74) is 2.77. The summed E-state index contributed by atoms with van der Waals surface area (Å²) in [4.78, 5) is 22.0. The zero-order valence-electron chi connectivity index (χ0n) is 9.95. The molecule has 90 valence electrons. The van der Waals surface area contributed by atoms with Gasteiger partial charge >= 0.3 is 0 Å². The number of carbonyl (C=O) groups is 2. The molecule has 1 unspecified atom stereocenters. The van der Waals surface area contributed by atoms with Crippen molar-refractivity contribution in [2.45, 2.75) is 25.7 Å². The molecule has 0 bridgehead atoms. The summed E-state index contributed by atoms with van der Waals surface area (Å²) < 4.78 is 5.22. The number of ether oxygens (including phenoxy) is 1. The van der Waals surface area contributed by atoms with Gasteiger partial charge in [-0.25, -0.2) is 0 Å². The van der Waals surface area contributed by atoms with E-state index in [1.807, 2.05) is 19.1 Å². The van der Waals surface area contributed by atoms with Crippen molar-refractivity contribution in [1.82, 2.24) is 0 Å². The molecule has 1 amide bonds. The molecule has 1 aromatic rings. The number of methoxy groups -OCH3 is 1. The molecule has 1 N–H and O–H groups in total. The normalized spacial score (nSPS) is 15.1. The van der Waals surface area contributed by atoms with Crippen LogP contribution in [0.4, 0.5) is 5.69 Å². The lowest BCUT2D eigenvalue weighted by atomic mass is 9.94. The smallest absolute Gasteiger partial charge is 0.228 e. The molecule has 17 heavy (non-hydrogen) atoms. The van der Waals surface area contributed by atoms with Gasteiger partial charge < -0.3 is 14.8 Å². The fraction of sp³-hybridized carbons (Fsp3) is 0.385. The summed E-state index contributed by atoms with van der Waals surface area (Å²) in [6.07, 6.45) is 1.72. The van der Waals surface area contributed by atoms with E-state index in [0.717, 1.165) is 28.8 Å². The fourth-order valence-corrected chi connectivity index (χ4v) is 2.12. The van der Waals surface area contributed by atoms with Gasteiger partial charge in [-0.1, -0.05) is 6.92 Å². The maximum Gasteiger partial charge on any atom is 0.228 e. The van der Waals surface area contributed by atoms with E-state index in [0.29, 0.717) is 12.8 Å².